The molecule has 0 aromatic heterocycles. The van der Waals surface area contributed by atoms with Crippen molar-refractivity contribution in [2.24, 2.45) is 0 Å². The van der Waals surface area contributed by atoms with Gasteiger partial charge in [0.2, 0.25) is 0 Å². The van der Waals surface area contributed by atoms with Crippen LogP contribution >= 0.6 is 0 Å². The Kier molecular flexibility index (Phi) is 9.33. The molecular formula is C27H32N4O2. The molecule has 0 heterocycles. The lowest BCUT2D eigenvalue weighted by Crippen LogP contribution is -2.38. The molecule has 3 aromatic carbocycles. The Morgan fingerprint density at radius 2 is 1.15 bits per heavy atom. The van der Waals surface area contributed by atoms with Crippen LogP contribution in [0.4, 0.5) is 26.7 Å². The molecular weight excluding hydrogens is 412 g/mol. The van der Waals surface area contributed by atoms with Crippen molar-refractivity contribution in [3.63, 3.8) is 0 Å². The van der Waals surface area contributed by atoms with E-state index >= 15 is 0 Å². The molecule has 0 atom stereocenters. The van der Waals surface area contributed by atoms with E-state index in [9.17, 15) is 9.59 Å². The molecule has 3 aromatic rings. The number of aryl methyl sites for hydroxylation is 1. The third-order valence-electron chi connectivity index (χ3n) is 5.40. The third-order valence-corrected chi connectivity index (χ3v) is 5.40. The Morgan fingerprint density at radius 3 is 1.73 bits per heavy atom. The van der Waals surface area contributed by atoms with E-state index < -0.39 is 0 Å². The number of hydrogen-bond acceptors (Lipinski definition) is 2. The van der Waals surface area contributed by atoms with Crippen LogP contribution in [0.1, 0.15) is 37.7 Å². The smallest absolute Gasteiger partial charge is 0.323 e. The highest BCUT2D eigenvalue weighted by atomic mass is 16.2. The van der Waals surface area contributed by atoms with Crippen LogP contribution in [0.5, 0.6) is 0 Å². The van der Waals surface area contributed by atoms with Gasteiger partial charge in [0.15, 0.2) is 0 Å². The van der Waals surface area contributed by atoms with Gasteiger partial charge in [0.1, 0.15) is 0 Å². The lowest BCUT2D eigenvalue weighted by molar-refractivity contribution is 0.244. The van der Waals surface area contributed by atoms with Gasteiger partial charge in [-0.05, 0) is 55.7 Å². The Hall–Kier alpha value is -3.80. The lowest BCUT2D eigenvalue weighted by atomic mass is 9.96. The number of benzene rings is 3. The Labute approximate surface area is 195 Å². The van der Waals surface area contributed by atoms with Gasteiger partial charge in [0, 0.05) is 23.1 Å². The van der Waals surface area contributed by atoms with E-state index in [1.165, 1.54) is 19.3 Å². The van der Waals surface area contributed by atoms with Gasteiger partial charge in [-0.3, -0.25) is 0 Å². The maximum absolute atomic E-state index is 11.7. The molecule has 6 nitrogen and oxygen atoms in total. The largest absolute Gasteiger partial charge is 0.335 e. The molecule has 0 unspecified atom stereocenters. The van der Waals surface area contributed by atoms with Gasteiger partial charge >= 0.3 is 12.1 Å². The zero-order valence-corrected chi connectivity index (χ0v) is 19.0. The normalized spacial score (nSPS) is 13.1. The number of carbonyl (C=O) groups is 2. The van der Waals surface area contributed by atoms with E-state index in [0.29, 0.717) is 6.04 Å². The Morgan fingerprint density at radius 1 is 0.636 bits per heavy atom. The molecule has 1 saturated carbocycles. The summed E-state index contributed by atoms with van der Waals surface area (Å²) >= 11 is 0. The van der Waals surface area contributed by atoms with E-state index in [-0.39, 0.29) is 12.1 Å². The zero-order valence-electron chi connectivity index (χ0n) is 19.0. The molecule has 0 spiro atoms. The van der Waals surface area contributed by atoms with Crippen LogP contribution < -0.4 is 21.3 Å². The van der Waals surface area contributed by atoms with Crippen LogP contribution in [-0.2, 0) is 0 Å². The second-order valence-electron chi connectivity index (χ2n) is 8.06. The van der Waals surface area contributed by atoms with Gasteiger partial charge in [-0.1, -0.05) is 73.9 Å². The van der Waals surface area contributed by atoms with E-state index in [0.717, 1.165) is 35.5 Å². The van der Waals surface area contributed by atoms with Crippen molar-refractivity contribution in [1.29, 1.82) is 0 Å². The first-order valence-corrected chi connectivity index (χ1v) is 11.4. The van der Waals surface area contributed by atoms with Gasteiger partial charge in [-0.25, -0.2) is 9.59 Å². The second kappa shape index (κ2) is 12.9. The van der Waals surface area contributed by atoms with E-state index in [4.69, 9.17) is 0 Å². The first kappa shape index (κ1) is 23.9. The number of amides is 4. The number of para-hydroxylation sites is 3. The molecule has 0 aliphatic heterocycles. The van der Waals surface area contributed by atoms with Gasteiger partial charge in [-0.15, -0.1) is 0 Å². The summed E-state index contributed by atoms with van der Waals surface area (Å²) < 4.78 is 0. The molecule has 172 valence electrons. The van der Waals surface area contributed by atoms with Crippen LogP contribution in [0.2, 0.25) is 0 Å². The summed E-state index contributed by atoms with van der Waals surface area (Å²) in [6.45, 7) is 1.96. The number of rotatable bonds is 4. The highest BCUT2D eigenvalue weighted by molar-refractivity contribution is 6.00. The molecule has 0 radical (unpaired) electrons. The maximum atomic E-state index is 11.7. The minimum Gasteiger partial charge on any atom is -0.335 e. The summed E-state index contributed by atoms with van der Waals surface area (Å²) in [6, 6.07) is 26.6. The highest BCUT2D eigenvalue weighted by Crippen LogP contribution is 2.17. The van der Waals surface area contributed by atoms with Crippen LogP contribution in [0, 0.1) is 6.92 Å². The van der Waals surface area contributed by atoms with Crippen LogP contribution in [0.3, 0.4) is 0 Å². The lowest BCUT2D eigenvalue weighted by Gasteiger charge is -2.22. The van der Waals surface area contributed by atoms with Crippen molar-refractivity contribution < 1.29 is 9.59 Å². The quantitative estimate of drug-likeness (QED) is 0.358. The molecule has 0 saturated heterocycles. The first-order chi connectivity index (χ1) is 16.1. The van der Waals surface area contributed by atoms with Gasteiger partial charge in [-0.2, -0.15) is 0 Å². The number of nitrogens with one attached hydrogen (secondary N) is 4. The van der Waals surface area contributed by atoms with Gasteiger partial charge in [0.05, 0.1) is 0 Å². The molecule has 4 rings (SSSR count). The average Bonchev–Trinajstić information content (AvgIpc) is 2.83. The SMILES string of the molecule is Cc1ccccc1NC(=O)Nc1ccccc1.O=C(Nc1ccccc1)NC1CCCCC1. The standard InChI is InChI=1S/C14H14N2O.C13H18N2O/c1-11-7-5-6-10-13(11)16-14(17)15-12-8-3-2-4-9-12;16-13(14-11-7-3-1-4-8-11)15-12-9-5-2-6-10-12/h2-10H,1H3,(H2,15,16,17);1,3-4,7-8,12H,2,5-6,9-10H2,(H2,14,15,16). The monoisotopic (exact) mass is 444 g/mol. The summed E-state index contributed by atoms with van der Waals surface area (Å²) in [7, 11) is 0. The molecule has 6 heteroatoms. The Bertz CT molecular complexity index is 1000. The van der Waals surface area contributed by atoms with E-state index in [1.807, 2.05) is 91.9 Å². The number of anilines is 3. The van der Waals surface area contributed by atoms with Crippen molar-refractivity contribution in [3.05, 3.63) is 90.5 Å². The zero-order chi connectivity index (χ0) is 23.3. The maximum Gasteiger partial charge on any atom is 0.323 e. The summed E-state index contributed by atoms with van der Waals surface area (Å²) in [5, 5.41) is 11.4. The van der Waals surface area contributed by atoms with Crippen molar-refractivity contribution in [1.82, 2.24) is 5.32 Å². The molecule has 1 aliphatic rings. The fourth-order valence-corrected chi connectivity index (χ4v) is 3.64. The fourth-order valence-electron chi connectivity index (χ4n) is 3.64. The number of hydrogen-bond donors (Lipinski definition) is 4. The average molecular weight is 445 g/mol. The van der Waals surface area contributed by atoms with Gasteiger partial charge in [0.25, 0.3) is 0 Å². The van der Waals surface area contributed by atoms with Crippen LogP contribution in [-0.4, -0.2) is 18.1 Å². The van der Waals surface area contributed by atoms with Crippen molar-refractivity contribution in [3.8, 4) is 0 Å². The van der Waals surface area contributed by atoms with Crippen molar-refractivity contribution in [2.75, 3.05) is 16.0 Å². The van der Waals surface area contributed by atoms with Crippen molar-refractivity contribution in [2.45, 2.75) is 45.1 Å². The highest BCUT2D eigenvalue weighted by Gasteiger charge is 2.15. The van der Waals surface area contributed by atoms with E-state index in [2.05, 4.69) is 21.3 Å². The number of urea groups is 2. The summed E-state index contributed by atoms with van der Waals surface area (Å²) in [5.41, 5.74) is 3.48. The molecule has 4 N–H and O–H groups in total. The second-order valence-corrected chi connectivity index (χ2v) is 8.06. The summed E-state index contributed by atoms with van der Waals surface area (Å²) in [6.07, 6.45) is 6.00. The topological polar surface area (TPSA) is 82.3 Å². The first-order valence-electron chi connectivity index (χ1n) is 11.4. The minimum absolute atomic E-state index is 0.0851. The predicted octanol–water partition coefficient (Wildman–Crippen LogP) is 6.78. The Balaban J connectivity index is 0.000000186. The van der Waals surface area contributed by atoms with Gasteiger partial charge < -0.3 is 21.3 Å². The summed E-state index contributed by atoms with van der Waals surface area (Å²) in [4.78, 5) is 23.4. The molecule has 0 bridgehead atoms. The molecule has 1 aliphatic carbocycles. The summed E-state index contributed by atoms with van der Waals surface area (Å²) in [5.74, 6) is 0. The predicted molar refractivity (Wildman–Crippen MR) is 136 cm³/mol. The third kappa shape index (κ3) is 8.69. The van der Waals surface area contributed by atoms with Crippen LogP contribution in [0.15, 0.2) is 84.9 Å². The number of carbonyl (C=O) groups excluding carboxylic acids is 2. The molecule has 4 amide bonds. The minimum atomic E-state index is -0.231. The van der Waals surface area contributed by atoms with E-state index in [1.54, 1.807) is 0 Å². The van der Waals surface area contributed by atoms with Crippen LogP contribution in [0.25, 0.3) is 0 Å². The molecule has 1 fully saturated rings. The molecule has 33 heavy (non-hydrogen) atoms. The van der Waals surface area contributed by atoms with Crippen molar-refractivity contribution >= 4 is 29.1 Å². The fraction of sp³-hybridized carbons (Fsp3) is 0.259.